The molecule has 0 aliphatic heterocycles. The molecule has 0 amide bonds. The van der Waals surface area contributed by atoms with Crippen molar-refractivity contribution in [1.29, 1.82) is 0 Å². The molecule has 2 atom stereocenters. The minimum Gasteiger partial charge on any atom is -0.313 e. The summed E-state index contributed by atoms with van der Waals surface area (Å²) >= 11 is 5.96. The Morgan fingerprint density at radius 1 is 1.06 bits per heavy atom. The van der Waals surface area contributed by atoms with Gasteiger partial charge in [0.15, 0.2) is 0 Å². The maximum Gasteiger partial charge on any atom is 0.325 e. The molecule has 0 saturated heterocycles. The monoisotopic (exact) mass is 478 g/mol. The number of aryl methyl sites for hydroxylation is 1. The molecule has 0 bridgehead atoms. The van der Waals surface area contributed by atoms with E-state index in [1.807, 2.05) is 6.92 Å². The fourth-order valence-electron chi connectivity index (χ4n) is 3.98. The van der Waals surface area contributed by atoms with E-state index in [2.05, 4.69) is 20.1 Å². The molecule has 0 spiro atoms. The normalized spacial score (nSPS) is 12.8. The van der Waals surface area contributed by atoms with Gasteiger partial charge in [-0.15, -0.1) is 0 Å². The number of nitroso groups, excluding NO2 is 1. The molecule has 0 aliphatic rings. The lowest BCUT2D eigenvalue weighted by Crippen LogP contribution is -2.22. The molecule has 2 unspecified atom stereocenters. The van der Waals surface area contributed by atoms with Gasteiger partial charge in [0.05, 0.1) is 5.56 Å². The van der Waals surface area contributed by atoms with E-state index in [-0.39, 0.29) is 11.4 Å². The van der Waals surface area contributed by atoms with E-state index in [4.69, 9.17) is 11.6 Å². The predicted molar refractivity (Wildman–Crippen MR) is 128 cm³/mol. The summed E-state index contributed by atoms with van der Waals surface area (Å²) < 4.78 is 15.0. The Labute approximate surface area is 198 Å². The minimum absolute atomic E-state index is 0.212. The second kappa shape index (κ2) is 9.93. The van der Waals surface area contributed by atoms with Crippen LogP contribution < -0.4 is 11.2 Å². The van der Waals surface area contributed by atoms with Crippen molar-refractivity contribution in [1.82, 2.24) is 15.0 Å². The lowest BCUT2D eigenvalue weighted by Gasteiger charge is -2.22. The van der Waals surface area contributed by atoms with Gasteiger partial charge in [0.1, 0.15) is 11.9 Å². The summed E-state index contributed by atoms with van der Waals surface area (Å²) in [6.45, 7) is 1.82. The van der Waals surface area contributed by atoms with Gasteiger partial charge in [0.25, 0.3) is 5.56 Å². The van der Waals surface area contributed by atoms with Gasteiger partial charge in [0.2, 0.25) is 0 Å². The second-order valence-electron chi connectivity index (χ2n) is 7.91. The predicted octanol–water partition coefficient (Wildman–Crippen LogP) is 5.26. The van der Waals surface area contributed by atoms with Gasteiger partial charge in [-0.3, -0.25) is 14.8 Å². The molecule has 2 aromatic carbocycles. The van der Waals surface area contributed by atoms with Crippen LogP contribution in [0, 0.1) is 17.6 Å². The van der Waals surface area contributed by atoms with Gasteiger partial charge >= 0.3 is 5.69 Å². The summed E-state index contributed by atoms with van der Waals surface area (Å²) in [5, 5.41) is 3.58. The summed E-state index contributed by atoms with van der Waals surface area (Å²) in [4.78, 5) is 44.0. The van der Waals surface area contributed by atoms with Crippen LogP contribution in [0.25, 0.3) is 11.1 Å². The van der Waals surface area contributed by atoms with Gasteiger partial charge in [-0.05, 0) is 59.9 Å². The highest BCUT2D eigenvalue weighted by molar-refractivity contribution is 6.30. The number of nitrogens with one attached hydrogen (secondary N) is 2. The van der Waals surface area contributed by atoms with E-state index in [1.54, 1.807) is 54.7 Å². The van der Waals surface area contributed by atoms with E-state index >= 15 is 0 Å². The smallest absolute Gasteiger partial charge is 0.313 e. The molecule has 2 aromatic heterocycles. The van der Waals surface area contributed by atoms with E-state index in [9.17, 15) is 18.9 Å². The van der Waals surface area contributed by atoms with Crippen LogP contribution in [-0.4, -0.2) is 15.0 Å². The van der Waals surface area contributed by atoms with Crippen LogP contribution in [-0.2, 0) is 0 Å². The van der Waals surface area contributed by atoms with Gasteiger partial charge in [0, 0.05) is 29.0 Å². The Bertz CT molecular complexity index is 1450. The average molecular weight is 479 g/mol. The molecule has 7 nitrogen and oxygen atoms in total. The highest BCUT2D eigenvalue weighted by atomic mass is 35.5. The number of rotatable bonds is 7. The van der Waals surface area contributed by atoms with Gasteiger partial charge in [-0.25, -0.2) is 9.18 Å². The first kappa shape index (κ1) is 23.3. The van der Waals surface area contributed by atoms with E-state index in [0.29, 0.717) is 22.3 Å². The highest BCUT2D eigenvalue weighted by Crippen LogP contribution is 2.38. The van der Waals surface area contributed by atoms with Crippen LogP contribution in [0.1, 0.15) is 40.8 Å². The molecule has 9 heteroatoms. The van der Waals surface area contributed by atoms with Crippen LogP contribution in [0.3, 0.4) is 0 Å². The quantitative estimate of drug-likeness (QED) is 0.353. The molecule has 172 valence electrons. The Morgan fingerprint density at radius 3 is 2.47 bits per heavy atom. The number of aromatic nitrogens is 3. The zero-order valence-corrected chi connectivity index (χ0v) is 18.8. The van der Waals surface area contributed by atoms with Crippen molar-refractivity contribution in [3.63, 3.8) is 0 Å². The number of hydrogen-bond donors (Lipinski definition) is 2. The number of benzene rings is 2. The van der Waals surface area contributed by atoms with Crippen molar-refractivity contribution >= 4 is 11.6 Å². The van der Waals surface area contributed by atoms with Crippen molar-refractivity contribution in [2.75, 3.05) is 0 Å². The molecule has 0 aliphatic carbocycles. The number of hydrogen-bond acceptors (Lipinski definition) is 5. The Morgan fingerprint density at radius 2 is 1.82 bits per heavy atom. The van der Waals surface area contributed by atoms with Crippen molar-refractivity contribution in [3.8, 4) is 11.1 Å². The summed E-state index contributed by atoms with van der Waals surface area (Å²) in [6, 6.07) is 14.1. The minimum atomic E-state index is -0.733. The fourth-order valence-corrected chi connectivity index (χ4v) is 4.14. The summed E-state index contributed by atoms with van der Waals surface area (Å²) in [5.41, 5.74) is 2.29. The molecular formula is C25H20ClFN4O3. The van der Waals surface area contributed by atoms with Crippen LogP contribution in [0.2, 0.25) is 5.02 Å². The zero-order valence-electron chi connectivity index (χ0n) is 18.1. The standard InChI is InChI=1S/C25H20ClFN4O3/c1-14-10-17(8-9-28-14)23(31-34)12-20(19-7-6-18(26)11-22(19)27)15-2-4-16(5-3-15)21-13-29-25(33)30-24(21)32/h2-11,13,20,23H,12H2,1H3,(H2,29,30,32,33). The molecule has 2 heterocycles. The van der Waals surface area contributed by atoms with Crippen LogP contribution in [0.4, 0.5) is 4.39 Å². The number of pyridine rings is 1. The number of H-pyrrole nitrogens is 2. The number of nitrogens with zero attached hydrogens (tertiary/aromatic N) is 2. The van der Waals surface area contributed by atoms with Crippen LogP contribution in [0.5, 0.6) is 0 Å². The first-order valence-electron chi connectivity index (χ1n) is 10.5. The molecule has 34 heavy (non-hydrogen) atoms. The second-order valence-corrected chi connectivity index (χ2v) is 8.35. The first-order valence-corrected chi connectivity index (χ1v) is 10.9. The topological polar surface area (TPSA) is 108 Å². The molecule has 2 N–H and O–H groups in total. The number of halogens is 2. The largest absolute Gasteiger partial charge is 0.325 e. The molecule has 4 aromatic rings. The van der Waals surface area contributed by atoms with Gasteiger partial charge in [-0.2, -0.15) is 4.91 Å². The van der Waals surface area contributed by atoms with Crippen molar-refractivity contribution in [2.45, 2.75) is 25.3 Å². The van der Waals surface area contributed by atoms with Crippen LogP contribution in [0.15, 0.2) is 81.8 Å². The van der Waals surface area contributed by atoms with E-state index in [1.165, 1.54) is 12.3 Å². The summed E-state index contributed by atoms with van der Waals surface area (Å²) in [6.07, 6.45) is 3.16. The van der Waals surface area contributed by atoms with Crippen molar-refractivity contribution in [2.24, 2.45) is 5.18 Å². The summed E-state index contributed by atoms with van der Waals surface area (Å²) in [7, 11) is 0. The Balaban J connectivity index is 1.75. The van der Waals surface area contributed by atoms with Crippen molar-refractivity contribution in [3.05, 3.63) is 126 Å². The highest BCUT2D eigenvalue weighted by Gasteiger charge is 2.25. The average Bonchev–Trinajstić information content (AvgIpc) is 2.81. The molecule has 4 rings (SSSR count). The Hall–Kier alpha value is -3.91. The third kappa shape index (κ3) is 5.02. The molecule has 0 fully saturated rings. The number of aromatic amines is 2. The maximum absolute atomic E-state index is 15.0. The van der Waals surface area contributed by atoms with Crippen molar-refractivity contribution < 1.29 is 4.39 Å². The van der Waals surface area contributed by atoms with E-state index in [0.717, 1.165) is 11.3 Å². The molecule has 0 radical (unpaired) electrons. The van der Waals surface area contributed by atoms with Crippen LogP contribution >= 0.6 is 11.6 Å². The third-order valence-corrected chi connectivity index (χ3v) is 5.91. The SMILES string of the molecule is Cc1cc(C(CC(c2ccc(-c3c[nH]c(=O)[nH]c3=O)cc2)c2ccc(Cl)cc2F)N=O)ccn1. The summed E-state index contributed by atoms with van der Waals surface area (Å²) in [5.74, 6) is -1.01. The lowest BCUT2D eigenvalue weighted by molar-refractivity contribution is 0.551. The molecule has 0 saturated carbocycles. The first-order chi connectivity index (χ1) is 16.4. The maximum atomic E-state index is 15.0. The van der Waals surface area contributed by atoms with Gasteiger partial charge in [-0.1, -0.05) is 47.1 Å². The third-order valence-electron chi connectivity index (χ3n) is 5.67. The fraction of sp³-hybridized carbons (Fsp3) is 0.160. The zero-order chi connectivity index (χ0) is 24.2. The Kier molecular flexibility index (Phi) is 6.79. The lowest BCUT2D eigenvalue weighted by atomic mass is 9.83. The van der Waals surface area contributed by atoms with E-state index < -0.39 is 29.0 Å². The molecular weight excluding hydrogens is 459 g/mol. The van der Waals surface area contributed by atoms with Gasteiger partial charge < -0.3 is 4.98 Å².